The van der Waals surface area contributed by atoms with Crippen molar-refractivity contribution in [1.29, 1.82) is 0 Å². The second kappa shape index (κ2) is 5.19. The number of nitrogens with two attached hydrogens (primary N) is 1. The van der Waals surface area contributed by atoms with E-state index in [1.54, 1.807) is 17.4 Å². The molecule has 16 heavy (non-hydrogen) atoms. The lowest BCUT2D eigenvalue weighted by molar-refractivity contribution is 0.724. The molecule has 0 spiro atoms. The van der Waals surface area contributed by atoms with E-state index in [0.717, 1.165) is 12.0 Å². The first-order valence-corrected chi connectivity index (χ1v) is 6.59. The van der Waals surface area contributed by atoms with Crippen molar-refractivity contribution in [2.75, 3.05) is 0 Å². The van der Waals surface area contributed by atoms with Crippen LogP contribution in [-0.2, 0) is 6.42 Å². The second-order valence-electron chi connectivity index (χ2n) is 3.59. The highest BCUT2D eigenvalue weighted by Crippen LogP contribution is 2.30. The van der Waals surface area contributed by atoms with Gasteiger partial charge in [-0.05, 0) is 40.4 Å². The number of halogens is 2. The van der Waals surface area contributed by atoms with Crippen molar-refractivity contribution in [1.82, 2.24) is 0 Å². The Hall–Kier alpha value is -0.540. The van der Waals surface area contributed by atoms with E-state index in [-0.39, 0.29) is 6.04 Å². The van der Waals surface area contributed by atoms with Gasteiger partial charge in [-0.1, -0.05) is 35.3 Å². The average Bonchev–Trinajstić information content (AvgIpc) is 2.74. The van der Waals surface area contributed by atoms with E-state index < -0.39 is 0 Å². The number of benzene rings is 1. The third-order valence-corrected chi connectivity index (χ3v) is 3.98. The van der Waals surface area contributed by atoms with Crippen LogP contribution in [0, 0.1) is 0 Å². The predicted molar refractivity (Wildman–Crippen MR) is 71.4 cm³/mol. The molecule has 2 aromatic rings. The molecule has 0 radical (unpaired) electrons. The third-order valence-electron chi connectivity index (χ3n) is 2.42. The molecule has 84 valence electrons. The van der Waals surface area contributed by atoms with Crippen LogP contribution >= 0.6 is 34.5 Å². The van der Waals surface area contributed by atoms with Crippen molar-refractivity contribution < 1.29 is 0 Å². The van der Waals surface area contributed by atoms with E-state index in [1.807, 2.05) is 17.5 Å². The quantitative estimate of drug-likeness (QED) is 0.885. The van der Waals surface area contributed by atoms with Crippen LogP contribution in [0.25, 0.3) is 0 Å². The molecule has 1 unspecified atom stereocenters. The van der Waals surface area contributed by atoms with Crippen LogP contribution in [-0.4, -0.2) is 0 Å². The van der Waals surface area contributed by atoms with Gasteiger partial charge in [-0.3, -0.25) is 0 Å². The van der Waals surface area contributed by atoms with Crippen molar-refractivity contribution in [3.8, 4) is 0 Å². The molecule has 1 heterocycles. The summed E-state index contributed by atoms with van der Waals surface area (Å²) in [6.07, 6.45) is 0.781. The fourth-order valence-corrected chi connectivity index (χ4v) is 2.71. The first-order valence-electron chi connectivity index (χ1n) is 4.89. The van der Waals surface area contributed by atoms with Gasteiger partial charge in [0.05, 0.1) is 10.0 Å². The van der Waals surface area contributed by atoms with Crippen LogP contribution in [0.3, 0.4) is 0 Å². The van der Waals surface area contributed by atoms with Gasteiger partial charge in [-0.15, -0.1) is 0 Å². The fraction of sp³-hybridized carbons (Fsp3) is 0.167. The minimum Gasteiger partial charge on any atom is -0.324 e. The van der Waals surface area contributed by atoms with E-state index in [4.69, 9.17) is 28.9 Å². The number of hydrogen-bond acceptors (Lipinski definition) is 2. The maximum Gasteiger partial charge on any atom is 0.0640 e. The summed E-state index contributed by atoms with van der Waals surface area (Å²) in [5, 5.41) is 5.26. The highest BCUT2D eigenvalue weighted by Gasteiger charge is 2.12. The number of thiophene rings is 1. The van der Waals surface area contributed by atoms with E-state index in [2.05, 4.69) is 11.4 Å². The molecule has 0 saturated carbocycles. The molecule has 0 saturated heterocycles. The van der Waals surface area contributed by atoms with Crippen LogP contribution < -0.4 is 5.73 Å². The molecule has 0 aliphatic rings. The van der Waals surface area contributed by atoms with Crippen molar-refractivity contribution in [3.63, 3.8) is 0 Å². The molecule has 1 aromatic carbocycles. The van der Waals surface area contributed by atoms with Crippen LogP contribution in [0.4, 0.5) is 0 Å². The zero-order chi connectivity index (χ0) is 11.5. The Morgan fingerprint density at radius 1 is 1.25 bits per heavy atom. The van der Waals surface area contributed by atoms with Gasteiger partial charge in [0.15, 0.2) is 0 Å². The van der Waals surface area contributed by atoms with E-state index in [0.29, 0.717) is 10.0 Å². The highest BCUT2D eigenvalue weighted by atomic mass is 35.5. The highest BCUT2D eigenvalue weighted by molar-refractivity contribution is 7.07. The van der Waals surface area contributed by atoms with Crippen LogP contribution in [0.2, 0.25) is 10.0 Å². The maximum absolute atomic E-state index is 6.12. The summed E-state index contributed by atoms with van der Waals surface area (Å²) in [4.78, 5) is 0. The molecular weight excluding hydrogens is 261 g/mol. The molecule has 4 heteroatoms. The Morgan fingerprint density at radius 3 is 2.75 bits per heavy atom. The summed E-state index contributed by atoms with van der Waals surface area (Å²) in [7, 11) is 0. The summed E-state index contributed by atoms with van der Waals surface area (Å²) in [6.45, 7) is 0. The molecule has 0 amide bonds. The fourth-order valence-electron chi connectivity index (χ4n) is 1.58. The first-order chi connectivity index (χ1) is 7.68. The van der Waals surface area contributed by atoms with Crippen LogP contribution in [0.15, 0.2) is 35.0 Å². The lowest BCUT2D eigenvalue weighted by atomic mass is 10.0. The van der Waals surface area contributed by atoms with Gasteiger partial charge >= 0.3 is 0 Å². The van der Waals surface area contributed by atoms with E-state index >= 15 is 0 Å². The Kier molecular flexibility index (Phi) is 3.87. The second-order valence-corrected chi connectivity index (χ2v) is 5.15. The molecule has 1 aromatic heterocycles. The molecule has 2 N–H and O–H groups in total. The largest absolute Gasteiger partial charge is 0.324 e. The van der Waals surface area contributed by atoms with Crippen LogP contribution in [0.1, 0.15) is 17.2 Å². The molecule has 2 rings (SSSR count). The summed E-state index contributed by atoms with van der Waals surface area (Å²) < 4.78 is 0. The van der Waals surface area contributed by atoms with E-state index in [1.165, 1.54) is 5.56 Å². The molecule has 0 bridgehead atoms. The Bertz CT molecular complexity index is 468. The molecule has 0 fully saturated rings. The predicted octanol–water partition coefficient (Wildman–Crippen LogP) is 4.30. The zero-order valence-electron chi connectivity index (χ0n) is 8.49. The normalized spacial score (nSPS) is 12.7. The molecular formula is C12H11Cl2NS. The van der Waals surface area contributed by atoms with Gasteiger partial charge in [-0.2, -0.15) is 11.3 Å². The smallest absolute Gasteiger partial charge is 0.0640 e. The standard InChI is InChI=1S/C12H11Cl2NS/c13-10-3-1-2-9(12(10)14)11(15)6-8-4-5-16-7-8/h1-5,7,11H,6,15H2. The maximum atomic E-state index is 6.12. The van der Waals surface area contributed by atoms with E-state index in [9.17, 15) is 0 Å². The van der Waals surface area contributed by atoms with Crippen molar-refractivity contribution in [2.45, 2.75) is 12.5 Å². The first kappa shape index (κ1) is 11.9. The number of hydrogen-bond donors (Lipinski definition) is 1. The minimum atomic E-state index is -0.110. The van der Waals surface area contributed by atoms with Gasteiger partial charge < -0.3 is 5.73 Å². The van der Waals surface area contributed by atoms with Crippen molar-refractivity contribution >= 4 is 34.5 Å². The monoisotopic (exact) mass is 271 g/mol. The summed E-state index contributed by atoms with van der Waals surface area (Å²) in [6, 6.07) is 7.52. The van der Waals surface area contributed by atoms with Gasteiger partial charge in [0, 0.05) is 6.04 Å². The van der Waals surface area contributed by atoms with Gasteiger partial charge in [-0.25, -0.2) is 0 Å². The molecule has 0 aliphatic carbocycles. The lowest BCUT2D eigenvalue weighted by Gasteiger charge is -2.13. The van der Waals surface area contributed by atoms with Crippen molar-refractivity contribution in [3.05, 3.63) is 56.2 Å². The summed E-state index contributed by atoms with van der Waals surface area (Å²) >= 11 is 13.7. The minimum absolute atomic E-state index is 0.110. The van der Waals surface area contributed by atoms with Crippen LogP contribution in [0.5, 0.6) is 0 Å². The number of rotatable bonds is 3. The molecule has 0 aliphatic heterocycles. The summed E-state index contributed by atoms with van der Waals surface area (Å²) in [5.41, 5.74) is 8.25. The molecule has 1 nitrogen and oxygen atoms in total. The average molecular weight is 272 g/mol. The third kappa shape index (κ3) is 2.58. The molecule has 1 atom stereocenters. The van der Waals surface area contributed by atoms with Gasteiger partial charge in [0.25, 0.3) is 0 Å². The Balaban J connectivity index is 2.21. The zero-order valence-corrected chi connectivity index (χ0v) is 10.8. The van der Waals surface area contributed by atoms with Crippen molar-refractivity contribution in [2.24, 2.45) is 5.73 Å². The Labute approximate surface area is 109 Å². The SMILES string of the molecule is NC(Cc1ccsc1)c1cccc(Cl)c1Cl. The summed E-state index contributed by atoms with van der Waals surface area (Å²) in [5.74, 6) is 0. The van der Waals surface area contributed by atoms with Gasteiger partial charge in [0.2, 0.25) is 0 Å². The lowest BCUT2D eigenvalue weighted by Crippen LogP contribution is -2.13. The Morgan fingerprint density at radius 2 is 2.06 bits per heavy atom. The topological polar surface area (TPSA) is 26.0 Å². The van der Waals surface area contributed by atoms with Gasteiger partial charge in [0.1, 0.15) is 0 Å².